The number of pyridine rings is 1. The zero-order chi connectivity index (χ0) is 22.2. The summed E-state index contributed by atoms with van der Waals surface area (Å²) in [4.78, 5) is 11.4. The minimum atomic E-state index is -4.54. The Bertz CT molecular complexity index is 1150. The first kappa shape index (κ1) is 21.2. The molecule has 0 saturated heterocycles. The second kappa shape index (κ2) is 8.27. The highest BCUT2D eigenvalue weighted by Crippen LogP contribution is 2.35. The molecule has 1 aromatic carbocycles. The molecular formula is C21H20ClF3N6. The summed E-state index contributed by atoms with van der Waals surface area (Å²) in [5.74, 6) is 1.05. The van der Waals surface area contributed by atoms with Crippen LogP contribution in [-0.2, 0) is 13.2 Å². The number of benzene rings is 1. The Morgan fingerprint density at radius 2 is 1.94 bits per heavy atom. The molecule has 0 radical (unpaired) electrons. The predicted molar refractivity (Wildman–Crippen MR) is 115 cm³/mol. The Morgan fingerprint density at radius 1 is 1.19 bits per heavy atom. The van der Waals surface area contributed by atoms with Gasteiger partial charge in [0.25, 0.3) is 11.8 Å². The Kier molecular flexibility index (Phi) is 5.67. The maximum Gasteiger partial charge on any atom is 0.433 e. The minimum Gasteiger partial charge on any atom is -0.382 e. The van der Waals surface area contributed by atoms with Crippen molar-refractivity contribution in [2.24, 2.45) is 7.05 Å². The quantitative estimate of drug-likeness (QED) is 0.479. The van der Waals surface area contributed by atoms with Crippen LogP contribution in [0.2, 0.25) is 5.02 Å². The summed E-state index contributed by atoms with van der Waals surface area (Å²) in [5, 5.41) is 7.65. The van der Waals surface area contributed by atoms with Crippen molar-refractivity contribution in [1.29, 1.82) is 0 Å². The number of nitrogens with zero attached hydrogens (tertiary/aromatic N) is 4. The highest BCUT2D eigenvalue weighted by Gasteiger charge is 2.34. The predicted octanol–water partition coefficient (Wildman–Crippen LogP) is 6.03. The maximum atomic E-state index is 13.4. The van der Waals surface area contributed by atoms with E-state index in [1.54, 1.807) is 17.7 Å². The van der Waals surface area contributed by atoms with E-state index in [-0.39, 0.29) is 17.6 Å². The lowest BCUT2D eigenvalue weighted by Gasteiger charge is -2.31. The van der Waals surface area contributed by atoms with Gasteiger partial charge in [-0.15, -0.1) is 0 Å². The van der Waals surface area contributed by atoms with Crippen molar-refractivity contribution in [2.45, 2.75) is 43.9 Å². The average Bonchev–Trinajstić information content (AvgIpc) is 3.07. The smallest absolute Gasteiger partial charge is 0.382 e. The molecule has 0 bridgehead atoms. The summed E-state index contributed by atoms with van der Waals surface area (Å²) in [6, 6.07) is 5.77. The number of hydrogen-bond acceptors (Lipinski definition) is 4. The molecule has 6 nitrogen and oxygen atoms in total. The fourth-order valence-electron chi connectivity index (χ4n) is 3.96. The van der Waals surface area contributed by atoms with E-state index in [9.17, 15) is 13.2 Å². The van der Waals surface area contributed by atoms with Gasteiger partial charge in [0.1, 0.15) is 5.69 Å². The Hall–Kier alpha value is -2.99. The van der Waals surface area contributed by atoms with E-state index < -0.39 is 11.9 Å². The molecule has 0 unspecified atom stereocenters. The summed E-state index contributed by atoms with van der Waals surface area (Å²) in [6.45, 7) is 7.15. The first-order valence-corrected chi connectivity index (χ1v) is 10.2. The second-order valence-corrected chi connectivity index (χ2v) is 8.11. The molecule has 1 saturated carbocycles. The Labute approximate surface area is 182 Å². The van der Waals surface area contributed by atoms with Gasteiger partial charge in [0, 0.05) is 28.2 Å². The Balaban J connectivity index is 1.57. The third-order valence-electron chi connectivity index (χ3n) is 5.51. The summed E-state index contributed by atoms with van der Waals surface area (Å²) >= 11 is 6.09. The van der Waals surface area contributed by atoms with Gasteiger partial charge in [0.05, 0.1) is 18.8 Å². The number of aromatic nitrogens is 3. The number of imidazole rings is 1. The average molecular weight is 449 g/mol. The fraction of sp³-hybridized carbons (Fsp3) is 0.381. The van der Waals surface area contributed by atoms with Crippen LogP contribution < -0.4 is 10.6 Å². The molecule has 1 aliphatic carbocycles. The van der Waals surface area contributed by atoms with Crippen molar-refractivity contribution in [3.8, 4) is 0 Å². The van der Waals surface area contributed by atoms with E-state index in [0.29, 0.717) is 34.3 Å². The van der Waals surface area contributed by atoms with Gasteiger partial charge < -0.3 is 15.5 Å². The number of rotatable bonds is 4. The zero-order valence-electron chi connectivity index (χ0n) is 16.7. The number of hydrogen-bond donors (Lipinski definition) is 2. The van der Waals surface area contributed by atoms with Crippen LogP contribution in [0, 0.1) is 6.57 Å². The number of halogens is 4. The standard InChI is InChI=1S/C21H20ClF3N6/c1-26-19-11-27-20(31(19)2)29-14-5-3-4-13(9-14)28-17-10-18(21(23,24)25)30-16-7-6-12(22)8-15(16)17/h6-8,10-11,13-14H,3-5,9H2,2H3,(H,27,29)(H,28,30)/t13-,14+/m0/s1. The van der Waals surface area contributed by atoms with Crippen molar-refractivity contribution in [2.75, 3.05) is 10.6 Å². The Morgan fingerprint density at radius 3 is 2.61 bits per heavy atom. The molecule has 2 heterocycles. The fourth-order valence-corrected chi connectivity index (χ4v) is 4.13. The van der Waals surface area contributed by atoms with E-state index in [1.165, 1.54) is 18.3 Å². The van der Waals surface area contributed by atoms with Gasteiger partial charge in [-0.2, -0.15) is 13.2 Å². The molecule has 4 rings (SSSR count). The summed E-state index contributed by atoms with van der Waals surface area (Å²) in [7, 11) is 1.77. The monoisotopic (exact) mass is 448 g/mol. The van der Waals surface area contributed by atoms with Crippen molar-refractivity contribution in [3.05, 3.63) is 52.6 Å². The molecule has 0 aliphatic heterocycles. The molecule has 31 heavy (non-hydrogen) atoms. The van der Waals surface area contributed by atoms with E-state index in [1.807, 2.05) is 0 Å². The second-order valence-electron chi connectivity index (χ2n) is 7.67. The molecule has 1 fully saturated rings. The molecule has 3 aromatic rings. The highest BCUT2D eigenvalue weighted by atomic mass is 35.5. The summed E-state index contributed by atoms with van der Waals surface area (Å²) in [6.07, 6.45) is 0.323. The number of nitrogens with one attached hydrogen (secondary N) is 2. The van der Waals surface area contributed by atoms with Gasteiger partial charge in [-0.05, 0) is 49.9 Å². The minimum absolute atomic E-state index is 0.0301. The number of alkyl halides is 3. The number of fused-ring (bicyclic) bond motifs is 1. The van der Waals surface area contributed by atoms with Crippen molar-refractivity contribution < 1.29 is 13.2 Å². The van der Waals surface area contributed by atoms with Crippen LogP contribution in [0.5, 0.6) is 0 Å². The van der Waals surface area contributed by atoms with Gasteiger partial charge in [-0.3, -0.25) is 4.57 Å². The third kappa shape index (κ3) is 4.54. The zero-order valence-corrected chi connectivity index (χ0v) is 17.4. The van der Waals surface area contributed by atoms with Crippen LogP contribution in [-0.4, -0.2) is 26.6 Å². The van der Waals surface area contributed by atoms with Crippen LogP contribution >= 0.6 is 11.6 Å². The lowest BCUT2D eigenvalue weighted by atomic mass is 9.90. The van der Waals surface area contributed by atoms with E-state index in [0.717, 1.165) is 25.3 Å². The van der Waals surface area contributed by atoms with Crippen molar-refractivity contribution >= 4 is 40.0 Å². The topological polar surface area (TPSA) is 59.1 Å². The van der Waals surface area contributed by atoms with E-state index in [2.05, 4.69) is 25.4 Å². The van der Waals surface area contributed by atoms with Gasteiger partial charge in [0.2, 0.25) is 0 Å². The summed E-state index contributed by atoms with van der Waals surface area (Å²) in [5.41, 5.74) is -0.320. The molecule has 1 aliphatic rings. The molecule has 2 atom stereocenters. The molecule has 0 spiro atoms. The van der Waals surface area contributed by atoms with Gasteiger partial charge in [-0.25, -0.2) is 9.97 Å². The molecule has 10 heteroatoms. The number of anilines is 2. The molecule has 162 valence electrons. The van der Waals surface area contributed by atoms with Crippen LogP contribution in [0.4, 0.5) is 30.6 Å². The van der Waals surface area contributed by atoms with Crippen LogP contribution in [0.1, 0.15) is 31.4 Å². The van der Waals surface area contributed by atoms with Crippen molar-refractivity contribution in [3.63, 3.8) is 0 Å². The lowest BCUT2D eigenvalue weighted by Crippen LogP contribution is -2.35. The lowest BCUT2D eigenvalue weighted by molar-refractivity contribution is -0.140. The van der Waals surface area contributed by atoms with Gasteiger partial charge >= 0.3 is 6.18 Å². The van der Waals surface area contributed by atoms with Gasteiger partial charge in [-0.1, -0.05) is 18.2 Å². The SMILES string of the molecule is [C-]#[N+]c1cnc(N[C@@H]2CCC[C@H](Nc3cc(C(F)(F)F)nc4ccc(Cl)cc34)C2)n1C. The molecule has 2 N–H and O–H groups in total. The highest BCUT2D eigenvalue weighted by molar-refractivity contribution is 6.31. The molecule has 2 aromatic heterocycles. The van der Waals surface area contributed by atoms with Crippen LogP contribution in [0.3, 0.4) is 0 Å². The first-order chi connectivity index (χ1) is 14.7. The third-order valence-corrected chi connectivity index (χ3v) is 5.74. The molecular weight excluding hydrogens is 429 g/mol. The van der Waals surface area contributed by atoms with Crippen LogP contribution in [0.25, 0.3) is 15.7 Å². The van der Waals surface area contributed by atoms with Crippen LogP contribution in [0.15, 0.2) is 30.5 Å². The van der Waals surface area contributed by atoms with E-state index >= 15 is 0 Å². The largest absolute Gasteiger partial charge is 0.433 e. The van der Waals surface area contributed by atoms with E-state index in [4.69, 9.17) is 18.2 Å². The summed E-state index contributed by atoms with van der Waals surface area (Å²) < 4.78 is 41.8. The maximum absolute atomic E-state index is 13.4. The first-order valence-electron chi connectivity index (χ1n) is 9.84. The molecule has 0 amide bonds. The normalized spacial score (nSPS) is 19.2. The van der Waals surface area contributed by atoms with Gasteiger partial charge in [0.15, 0.2) is 0 Å². The van der Waals surface area contributed by atoms with Crippen molar-refractivity contribution in [1.82, 2.24) is 14.5 Å².